The Kier molecular flexibility index (Phi) is 1.11. The number of fused-ring (bicyclic) bond motifs is 1. The van der Waals surface area contributed by atoms with E-state index in [-0.39, 0.29) is 0 Å². The highest BCUT2D eigenvalue weighted by Crippen LogP contribution is 2.45. The van der Waals surface area contributed by atoms with Crippen LogP contribution in [-0.4, -0.2) is 5.78 Å². The summed E-state index contributed by atoms with van der Waals surface area (Å²) >= 11 is 0. The van der Waals surface area contributed by atoms with Gasteiger partial charge in [0.25, 0.3) is 0 Å². The van der Waals surface area contributed by atoms with Crippen LogP contribution < -0.4 is 0 Å². The minimum atomic E-state index is 0.521. The molecule has 9 heavy (non-hydrogen) atoms. The molecule has 2 aliphatic carbocycles. The van der Waals surface area contributed by atoms with Gasteiger partial charge < -0.3 is 0 Å². The van der Waals surface area contributed by atoms with Crippen LogP contribution >= 0.6 is 0 Å². The van der Waals surface area contributed by atoms with E-state index in [1.165, 1.54) is 19.3 Å². The highest BCUT2D eigenvalue weighted by molar-refractivity contribution is 5.83. The molecule has 0 aromatic carbocycles. The van der Waals surface area contributed by atoms with Crippen LogP contribution in [0.5, 0.6) is 0 Å². The largest absolute Gasteiger partial charge is 0.299 e. The summed E-state index contributed by atoms with van der Waals surface area (Å²) in [5, 5.41) is 0. The first-order chi connectivity index (χ1) is 4.38. The summed E-state index contributed by atoms with van der Waals surface area (Å²) in [5.41, 5.74) is 0. The molecule has 0 spiro atoms. The summed E-state index contributed by atoms with van der Waals surface area (Å²) in [4.78, 5) is 11.1. The summed E-state index contributed by atoms with van der Waals surface area (Å²) in [5.74, 6) is 1.89. The molecule has 1 heteroatoms. The number of ketones is 1. The highest BCUT2D eigenvalue weighted by Gasteiger charge is 2.42. The molecule has 50 valence electrons. The predicted octanol–water partition coefficient (Wildman–Crippen LogP) is 1.77. The minimum absolute atomic E-state index is 0.521. The number of carbonyl (C=O) groups is 1. The molecule has 2 saturated carbocycles. The Balaban J connectivity index is 2.03. The lowest BCUT2D eigenvalue weighted by Crippen LogP contribution is -1.98. The molecule has 0 aromatic heterocycles. The van der Waals surface area contributed by atoms with Crippen LogP contribution in [0.3, 0.4) is 0 Å². The fraction of sp³-hybridized carbons (Fsp3) is 0.875. The van der Waals surface area contributed by atoms with Crippen molar-refractivity contribution in [3.8, 4) is 0 Å². The van der Waals surface area contributed by atoms with Crippen LogP contribution in [0, 0.1) is 11.8 Å². The predicted molar refractivity (Wildman–Crippen MR) is 35.1 cm³/mol. The van der Waals surface area contributed by atoms with E-state index in [0.717, 1.165) is 18.8 Å². The molecule has 1 unspecified atom stereocenters. The van der Waals surface area contributed by atoms with Crippen molar-refractivity contribution in [1.82, 2.24) is 0 Å². The molecule has 0 amide bonds. The van der Waals surface area contributed by atoms with Gasteiger partial charge in [-0.2, -0.15) is 0 Å². The standard InChI is InChI=1S/C8H12O/c9-8-4-2-1-3-6-5-7(6)8/h6-7H,1-5H2/t6?,7-/m1/s1. The van der Waals surface area contributed by atoms with Gasteiger partial charge in [-0.25, -0.2) is 0 Å². The van der Waals surface area contributed by atoms with Gasteiger partial charge in [-0.1, -0.05) is 6.42 Å². The van der Waals surface area contributed by atoms with Crippen LogP contribution in [0.4, 0.5) is 0 Å². The van der Waals surface area contributed by atoms with Gasteiger partial charge in [-0.15, -0.1) is 0 Å². The van der Waals surface area contributed by atoms with Crippen molar-refractivity contribution in [3.63, 3.8) is 0 Å². The zero-order chi connectivity index (χ0) is 6.27. The van der Waals surface area contributed by atoms with E-state index in [4.69, 9.17) is 0 Å². The Morgan fingerprint density at radius 3 is 3.11 bits per heavy atom. The summed E-state index contributed by atoms with van der Waals surface area (Å²) in [6.07, 6.45) is 5.88. The van der Waals surface area contributed by atoms with Crippen LogP contribution in [0.25, 0.3) is 0 Å². The van der Waals surface area contributed by atoms with Gasteiger partial charge in [-0.05, 0) is 25.2 Å². The Morgan fingerprint density at radius 1 is 1.33 bits per heavy atom. The van der Waals surface area contributed by atoms with Gasteiger partial charge >= 0.3 is 0 Å². The number of hydrogen-bond donors (Lipinski definition) is 0. The molecule has 0 aromatic rings. The second-order valence-corrected chi connectivity index (χ2v) is 3.31. The van der Waals surface area contributed by atoms with Crippen molar-refractivity contribution in [2.24, 2.45) is 11.8 Å². The Bertz CT molecular complexity index is 140. The van der Waals surface area contributed by atoms with E-state index >= 15 is 0 Å². The number of carbonyl (C=O) groups excluding carboxylic acids is 1. The molecule has 2 fully saturated rings. The lowest BCUT2D eigenvalue weighted by Gasteiger charge is -1.90. The third-order valence-corrected chi connectivity index (χ3v) is 2.58. The first-order valence-electron chi connectivity index (χ1n) is 3.90. The molecule has 0 radical (unpaired) electrons. The first-order valence-corrected chi connectivity index (χ1v) is 3.90. The van der Waals surface area contributed by atoms with E-state index in [2.05, 4.69) is 0 Å². The molecular formula is C8H12O. The van der Waals surface area contributed by atoms with Gasteiger partial charge in [0.05, 0.1) is 0 Å². The van der Waals surface area contributed by atoms with E-state index in [9.17, 15) is 4.79 Å². The zero-order valence-electron chi connectivity index (χ0n) is 5.60. The second kappa shape index (κ2) is 1.83. The molecule has 0 saturated heterocycles. The fourth-order valence-corrected chi connectivity index (χ4v) is 1.85. The average Bonchev–Trinajstić information content (AvgIpc) is 2.55. The summed E-state index contributed by atoms with van der Waals surface area (Å²) in [6.45, 7) is 0. The monoisotopic (exact) mass is 124 g/mol. The lowest BCUT2D eigenvalue weighted by molar-refractivity contribution is -0.120. The molecule has 0 aliphatic heterocycles. The number of Topliss-reactive ketones (excluding diaryl/α,β-unsaturated/α-hetero) is 1. The minimum Gasteiger partial charge on any atom is -0.299 e. The maximum Gasteiger partial charge on any atom is 0.136 e. The molecular weight excluding hydrogens is 112 g/mol. The fourth-order valence-electron chi connectivity index (χ4n) is 1.85. The van der Waals surface area contributed by atoms with E-state index in [1.807, 2.05) is 0 Å². The van der Waals surface area contributed by atoms with Crippen molar-refractivity contribution >= 4 is 5.78 Å². The third-order valence-electron chi connectivity index (χ3n) is 2.58. The van der Waals surface area contributed by atoms with E-state index < -0.39 is 0 Å². The van der Waals surface area contributed by atoms with Crippen LogP contribution in [-0.2, 0) is 4.79 Å². The number of hydrogen-bond acceptors (Lipinski definition) is 1. The van der Waals surface area contributed by atoms with Crippen LogP contribution in [0.2, 0.25) is 0 Å². The van der Waals surface area contributed by atoms with Crippen molar-refractivity contribution in [2.45, 2.75) is 32.1 Å². The molecule has 1 nitrogen and oxygen atoms in total. The summed E-state index contributed by atoms with van der Waals surface area (Å²) in [6, 6.07) is 0. The van der Waals surface area contributed by atoms with Crippen molar-refractivity contribution < 1.29 is 4.79 Å². The third kappa shape index (κ3) is 0.887. The summed E-state index contributed by atoms with van der Waals surface area (Å²) < 4.78 is 0. The molecule has 0 heterocycles. The first kappa shape index (κ1) is 5.45. The van der Waals surface area contributed by atoms with Gasteiger partial charge in [-0.3, -0.25) is 4.79 Å². The topological polar surface area (TPSA) is 17.1 Å². The van der Waals surface area contributed by atoms with E-state index in [0.29, 0.717) is 11.7 Å². The molecule has 0 bridgehead atoms. The Hall–Kier alpha value is -0.330. The number of rotatable bonds is 0. The van der Waals surface area contributed by atoms with Crippen LogP contribution in [0.1, 0.15) is 32.1 Å². The zero-order valence-corrected chi connectivity index (χ0v) is 5.60. The van der Waals surface area contributed by atoms with Crippen molar-refractivity contribution in [1.29, 1.82) is 0 Å². The van der Waals surface area contributed by atoms with Crippen molar-refractivity contribution in [2.75, 3.05) is 0 Å². The maximum atomic E-state index is 11.1. The van der Waals surface area contributed by atoms with Gasteiger partial charge in [0.1, 0.15) is 5.78 Å². The maximum absolute atomic E-state index is 11.1. The molecule has 2 atom stereocenters. The average molecular weight is 124 g/mol. The lowest BCUT2D eigenvalue weighted by atomic mass is 10.1. The Morgan fingerprint density at radius 2 is 2.22 bits per heavy atom. The van der Waals surface area contributed by atoms with E-state index in [1.54, 1.807) is 0 Å². The summed E-state index contributed by atoms with van der Waals surface area (Å²) in [7, 11) is 0. The van der Waals surface area contributed by atoms with Gasteiger partial charge in [0.2, 0.25) is 0 Å². The van der Waals surface area contributed by atoms with Gasteiger partial charge in [0, 0.05) is 12.3 Å². The molecule has 0 N–H and O–H groups in total. The smallest absolute Gasteiger partial charge is 0.136 e. The van der Waals surface area contributed by atoms with Crippen LogP contribution in [0.15, 0.2) is 0 Å². The highest BCUT2D eigenvalue weighted by atomic mass is 16.1. The molecule has 2 aliphatic rings. The normalized spacial score (nSPS) is 41.6. The Labute approximate surface area is 55.4 Å². The van der Waals surface area contributed by atoms with Gasteiger partial charge in [0.15, 0.2) is 0 Å². The van der Waals surface area contributed by atoms with Crippen molar-refractivity contribution in [3.05, 3.63) is 0 Å². The SMILES string of the molecule is O=C1CCCCC2C[C@@H]12. The second-order valence-electron chi connectivity index (χ2n) is 3.31. The quantitative estimate of drug-likeness (QED) is 0.481. The molecule has 2 rings (SSSR count).